The highest BCUT2D eigenvalue weighted by molar-refractivity contribution is 8.00. The molecule has 0 spiro atoms. The number of aromatic nitrogens is 3. The lowest BCUT2D eigenvalue weighted by molar-refractivity contribution is -0.385. The van der Waals surface area contributed by atoms with E-state index in [1.54, 1.807) is 11.6 Å². The number of alkyl halides is 3. The molecule has 0 aliphatic rings. The van der Waals surface area contributed by atoms with E-state index in [4.69, 9.17) is 0 Å². The van der Waals surface area contributed by atoms with Gasteiger partial charge in [0.25, 0.3) is 5.69 Å². The number of nitrogens with one attached hydrogen (secondary N) is 1. The molecule has 1 aromatic carbocycles. The van der Waals surface area contributed by atoms with Crippen LogP contribution in [-0.2, 0) is 18.0 Å². The van der Waals surface area contributed by atoms with Crippen LogP contribution in [0.5, 0.6) is 0 Å². The number of non-ortho nitro benzene ring substituents is 1. The van der Waals surface area contributed by atoms with Crippen molar-refractivity contribution < 1.29 is 22.9 Å². The fraction of sp³-hybridized carbons (Fsp3) is 0.308. The van der Waals surface area contributed by atoms with Crippen molar-refractivity contribution in [2.24, 2.45) is 7.05 Å². The van der Waals surface area contributed by atoms with Gasteiger partial charge >= 0.3 is 6.18 Å². The molecule has 25 heavy (non-hydrogen) atoms. The summed E-state index contributed by atoms with van der Waals surface area (Å²) in [6, 6.07) is 2.14. The largest absolute Gasteiger partial charge is 0.418 e. The van der Waals surface area contributed by atoms with Gasteiger partial charge < -0.3 is 9.88 Å². The number of carbonyl (C=O) groups excluding carboxylic acids is 1. The maximum atomic E-state index is 13.1. The minimum atomic E-state index is -4.85. The van der Waals surface area contributed by atoms with Crippen LogP contribution in [0.2, 0.25) is 0 Å². The molecule has 2 aromatic rings. The van der Waals surface area contributed by atoms with Gasteiger partial charge in [-0.2, -0.15) is 13.2 Å². The molecule has 0 saturated heterocycles. The number of hydrogen-bond acceptors (Lipinski definition) is 6. The lowest BCUT2D eigenvalue weighted by atomic mass is 10.1. The van der Waals surface area contributed by atoms with Crippen LogP contribution in [0, 0.1) is 10.1 Å². The van der Waals surface area contributed by atoms with Gasteiger partial charge in [-0.15, -0.1) is 10.2 Å². The molecular formula is C13H12F3N5O3S. The van der Waals surface area contributed by atoms with Crippen molar-refractivity contribution >= 4 is 29.0 Å². The average Bonchev–Trinajstić information content (AvgIpc) is 2.91. The third-order valence-corrected chi connectivity index (χ3v) is 4.25. The van der Waals surface area contributed by atoms with Crippen molar-refractivity contribution in [1.82, 2.24) is 14.8 Å². The Labute approximate surface area is 143 Å². The highest BCUT2D eigenvalue weighted by atomic mass is 32.2. The highest BCUT2D eigenvalue weighted by Crippen LogP contribution is 2.37. The van der Waals surface area contributed by atoms with Crippen LogP contribution in [0.3, 0.4) is 0 Å². The summed E-state index contributed by atoms with van der Waals surface area (Å²) in [5, 5.41) is 19.9. The molecule has 0 radical (unpaired) electrons. The van der Waals surface area contributed by atoms with Gasteiger partial charge in [-0.3, -0.25) is 14.9 Å². The van der Waals surface area contributed by atoms with Gasteiger partial charge in [-0.25, -0.2) is 0 Å². The number of aryl methyl sites for hydroxylation is 1. The number of benzene rings is 1. The van der Waals surface area contributed by atoms with E-state index in [0.717, 1.165) is 23.9 Å². The minimum absolute atomic E-state index is 0.385. The normalized spacial score (nSPS) is 12.7. The molecule has 0 aliphatic heterocycles. The Balaban J connectivity index is 2.22. The topological polar surface area (TPSA) is 103 Å². The summed E-state index contributed by atoms with van der Waals surface area (Å²) in [6.45, 7) is 1.49. The standard InChI is InChI=1S/C13H12F3N5O3S/c1-7(25-12-19-17-6-20(12)2)11(22)18-10-4-3-8(21(23)24)5-9(10)13(14,15)16/h3-7H,1-2H3,(H,18,22)/t7-/m0/s1. The summed E-state index contributed by atoms with van der Waals surface area (Å²) in [5.74, 6) is -0.702. The molecule has 1 aromatic heterocycles. The fourth-order valence-corrected chi connectivity index (χ4v) is 2.60. The molecule has 1 amide bonds. The van der Waals surface area contributed by atoms with Crippen LogP contribution in [0.15, 0.2) is 29.7 Å². The predicted molar refractivity (Wildman–Crippen MR) is 83.1 cm³/mol. The quantitative estimate of drug-likeness (QED) is 0.490. The van der Waals surface area contributed by atoms with E-state index in [1.165, 1.54) is 13.3 Å². The molecule has 0 unspecified atom stereocenters. The number of carbonyl (C=O) groups is 1. The number of amides is 1. The summed E-state index contributed by atoms with van der Waals surface area (Å²) < 4.78 is 40.9. The lowest BCUT2D eigenvalue weighted by Crippen LogP contribution is -2.24. The molecular weight excluding hydrogens is 363 g/mol. The second kappa shape index (κ2) is 7.09. The molecule has 1 atom stereocenters. The highest BCUT2D eigenvalue weighted by Gasteiger charge is 2.36. The monoisotopic (exact) mass is 375 g/mol. The molecule has 0 aliphatic carbocycles. The first-order valence-corrected chi connectivity index (χ1v) is 7.64. The summed E-state index contributed by atoms with van der Waals surface area (Å²) in [5.41, 5.74) is -2.55. The van der Waals surface area contributed by atoms with Gasteiger partial charge in [0.1, 0.15) is 6.33 Å². The van der Waals surface area contributed by atoms with Crippen LogP contribution >= 0.6 is 11.8 Å². The number of rotatable bonds is 5. The Morgan fingerprint density at radius 2 is 2.12 bits per heavy atom. The zero-order chi connectivity index (χ0) is 18.8. The van der Waals surface area contributed by atoms with Gasteiger partial charge in [0.05, 0.1) is 21.4 Å². The molecule has 134 valence electrons. The van der Waals surface area contributed by atoms with Crippen molar-refractivity contribution in [3.63, 3.8) is 0 Å². The van der Waals surface area contributed by atoms with E-state index >= 15 is 0 Å². The van der Waals surface area contributed by atoms with Gasteiger partial charge in [0, 0.05) is 19.2 Å². The molecule has 0 saturated carbocycles. The summed E-state index contributed by atoms with van der Waals surface area (Å²) in [6.07, 6.45) is -3.43. The average molecular weight is 375 g/mol. The number of nitrogens with zero attached hydrogens (tertiary/aromatic N) is 4. The third kappa shape index (κ3) is 4.47. The molecule has 12 heteroatoms. The van der Waals surface area contributed by atoms with E-state index in [9.17, 15) is 28.1 Å². The Morgan fingerprint density at radius 3 is 2.64 bits per heavy atom. The first-order chi connectivity index (χ1) is 11.6. The van der Waals surface area contributed by atoms with E-state index in [1.807, 2.05) is 0 Å². The van der Waals surface area contributed by atoms with Crippen molar-refractivity contribution in [1.29, 1.82) is 0 Å². The first-order valence-electron chi connectivity index (χ1n) is 6.76. The molecule has 0 bridgehead atoms. The molecule has 1 heterocycles. The van der Waals surface area contributed by atoms with Crippen molar-refractivity contribution in [2.45, 2.75) is 23.5 Å². The Bertz CT molecular complexity index is 808. The van der Waals surface area contributed by atoms with E-state index in [-0.39, 0.29) is 0 Å². The van der Waals surface area contributed by atoms with Crippen LogP contribution in [0.4, 0.5) is 24.5 Å². The second-order valence-electron chi connectivity index (χ2n) is 4.96. The minimum Gasteiger partial charge on any atom is -0.325 e. The Hall–Kier alpha value is -2.63. The molecule has 1 N–H and O–H groups in total. The number of thioether (sulfide) groups is 1. The SMILES string of the molecule is C[C@H](Sc1nncn1C)C(=O)Nc1ccc([N+](=O)[O-])cc1C(F)(F)F. The zero-order valence-corrected chi connectivity index (χ0v) is 13.8. The van der Waals surface area contributed by atoms with Crippen LogP contribution in [0.25, 0.3) is 0 Å². The van der Waals surface area contributed by atoms with Crippen LogP contribution in [-0.4, -0.2) is 30.8 Å². The maximum Gasteiger partial charge on any atom is 0.418 e. The van der Waals surface area contributed by atoms with Crippen LogP contribution in [0.1, 0.15) is 12.5 Å². The number of hydrogen-bond donors (Lipinski definition) is 1. The summed E-state index contributed by atoms with van der Waals surface area (Å²) in [7, 11) is 1.66. The Kier molecular flexibility index (Phi) is 5.30. The smallest absolute Gasteiger partial charge is 0.325 e. The van der Waals surface area contributed by atoms with Crippen molar-refractivity contribution in [3.05, 3.63) is 40.2 Å². The predicted octanol–water partition coefficient (Wildman–Crippen LogP) is 2.86. The van der Waals surface area contributed by atoms with Gasteiger partial charge in [0.15, 0.2) is 5.16 Å². The lowest BCUT2D eigenvalue weighted by Gasteiger charge is -2.16. The maximum absolute atomic E-state index is 13.1. The van der Waals surface area contributed by atoms with E-state index in [0.29, 0.717) is 11.2 Å². The van der Waals surface area contributed by atoms with Gasteiger partial charge in [0.2, 0.25) is 5.91 Å². The number of nitro benzene ring substituents is 1. The first kappa shape index (κ1) is 18.7. The second-order valence-corrected chi connectivity index (χ2v) is 6.27. The fourth-order valence-electron chi connectivity index (χ4n) is 1.81. The van der Waals surface area contributed by atoms with Crippen LogP contribution < -0.4 is 5.32 Å². The summed E-state index contributed by atoms with van der Waals surface area (Å²) >= 11 is 1.01. The van der Waals surface area contributed by atoms with Crippen molar-refractivity contribution in [3.8, 4) is 0 Å². The third-order valence-electron chi connectivity index (χ3n) is 3.10. The molecule has 2 rings (SSSR count). The van der Waals surface area contributed by atoms with E-state index in [2.05, 4.69) is 15.5 Å². The Morgan fingerprint density at radius 1 is 1.44 bits per heavy atom. The van der Waals surface area contributed by atoms with Crippen molar-refractivity contribution in [2.75, 3.05) is 5.32 Å². The number of halogens is 3. The number of anilines is 1. The van der Waals surface area contributed by atoms with Gasteiger partial charge in [-0.1, -0.05) is 11.8 Å². The molecule has 0 fully saturated rings. The summed E-state index contributed by atoms with van der Waals surface area (Å²) in [4.78, 5) is 21.9. The zero-order valence-electron chi connectivity index (χ0n) is 12.9. The number of nitro groups is 1. The van der Waals surface area contributed by atoms with E-state index < -0.39 is 39.2 Å². The van der Waals surface area contributed by atoms with Gasteiger partial charge in [-0.05, 0) is 13.0 Å². The molecule has 8 nitrogen and oxygen atoms in total.